The van der Waals surface area contributed by atoms with E-state index >= 15 is 0 Å². The highest BCUT2D eigenvalue weighted by atomic mass is 16.5. The number of aromatic nitrogens is 2. The summed E-state index contributed by atoms with van der Waals surface area (Å²) in [5, 5.41) is 19.6. The third kappa shape index (κ3) is 2.43. The molecule has 0 bridgehead atoms. The van der Waals surface area contributed by atoms with Gasteiger partial charge in [0.05, 0.1) is 25.4 Å². The average molecular weight is 322 g/mol. The molecule has 124 valence electrons. The second kappa shape index (κ2) is 5.47. The Labute approximate surface area is 131 Å². The number of rotatable bonds is 4. The molecule has 0 spiro atoms. The third-order valence-corrected chi connectivity index (χ3v) is 5.02. The quantitative estimate of drug-likeness (QED) is 0.484. The van der Waals surface area contributed by atoms with Crippen molar-refractivity contribution < 1.29 is 19.7 Å². The topological polar surface area (TPSA) is 122 Å². The lowest BCUT2D eigenvalue weighted by atomic mass is 10.0. The maximum atomic E-state index is 12.1. The predicted molar refractivity (Wildman–Crippen MR) is 79.7 cm³/mol. The van der Waals surface area contributed by atoms with Crippen molar-refractivity contribution in [2.75, 3.05) is 13.7 Å². The number of hydrogen-bond acceptors (Lipinski definition) is 6. The fraction of sp³-hybridized carbons (Fsp3) is 0.533. The molecule has 2 aliphatic rings. The van der Waals surface area contributed by atoms with Crippen molar-refractivity contribution in [3.8, 4) is 0 Å². The molecule has 1 aromatic heterocycles. The highest BCUT2D eigenvalue weighted by molar-refractivity contribution is 5.86. The molecule has 0 radical (unpaired) electrons. The molecule has 1 unspecified atom stereocenters. The Hall–Kier alpha value is -2.19. The Morgan fingerprint density at radius 2 is 2.30 bits per heavy atom. The molecule has 23 heavy (non-hydrogen) atoms. The molecular formula is C15H18N2O6. The zero-order chi connectivity index (χ0) is 16.8. The number of aliphatic hydroxyl groups is 2. The number of methoxy groups -OCH3 is 1. The molecule has 0 saturated heterocycles. The van der Waals surface area contributed by atoms with E-state index in [0.29, 0.717) is 12.8 Å². The Morgan fingerprint density at radius 1 is 1.57 bits per heavy atom. The van der Waals surface area contributed by atoms with Crippen molar-refractivity contribution in [2.45, 2.75) is 25.0 Å². The van der Waals surface area contributed by atoms with E-state index in [2.05, 4.69) is 9.72 Å². The van der Waals surface area contributed by atoms with E-state index in [4.69, 9.17) is 0 Å². The Balaban J connectivity index is 1.95. The van der Waals surface area contributed by atoms with E-state index in [0.717, 1.165) is 6.08 Å². The van der Waals surface area contributed by atoms with Crippen molar-refractivity contribution in [1.29, 1.82) is 0 Å². The van der Waals surface area contributed by atoms with Crippen molar-refractivity contribution in [2.24, 2.45) is 11.3 Å². The van der Waals surface area contributed by atoms with Crippen molar-refractivity contribution in [3.63, 3.8) is 0 Å². The molecule has 3 N–H and O–H groups in total. The number of aromatic amines is 1. The van der Waals surface area contributed by atoms with E-state index in [9.17, 15) is 24.6 Å². The van der Waals surface area contributed by atoms with E-state index in [1.165, 1.54) is 23.9 Å². The first-order chi connectivity index (χ1) is 10.9. The van der Waals surface area contributed by atoms with E-state index < -0.39 is 28.7 Å². The fourth-order valence-electron chi connectivity index (χ4n) is 3.57. The highest BCUT2D eigenvalue weighted by Crippen LogP contribution is 2.66. The lowest BCUT2D eigenvalue weighted by Gasteiger charge is -2.17. The van der Waals surface area contributed by atoms with Crippen LogP contribution in [0.3, 0.4) is 0 Å². The van der Waals surface area contributed by atoms with Gasteiger partial charge < -0.3 is 14.9 Å². The summed E-state index contributed by atoms with van der Waals surface area (Å²) in [6.07, 6.45) is 4.07. The SMILES string of the molecule is COC(=O)/C=C/c1cn([C@H]2C[C@H](O)C3(CO)C[C@H]23)c(=O)[nH]c1=O. The van der Waals surface area contributed by atoms with Gasteiger partial charge in [0, 0.05) is 23.7 Å². The zero-order valence-electron chi connectivity index (χ0n) is 12.6. The molecule has 0 aliphatic heterocycles. The number of carbonyl (C=O) groups is 1. The molecule has 1 heterocycles. The molecule has 4 atom stereocenters. The van der Waals surface area contributed by atoms with Crippen LogP contribution in [0, 0.1) is 11.3 Å². The number of hydrogen-bond donors (Lipinski definition) is 3. The van der Waals surface area contributed by atoms with Gasteiger partial charge in [0.1, 0.15) is 0 Å². The number of fused-ring (bicyclic) bond motifs is 1. The number of nitrogens with zero attached hydrogens (tertiary/aromatic N) is 1. The number of aliphatic hydroxyl groups excluding tert-OH is 2. The largest absolute Gasteiger partial charge is 0.466 e. The summed E-state index contributed by atoms with van der Waals surface area (Å²) in [5.74, 6) is -0.608. The lowest BCUT2D eigenvalue weighted by molar-refractivity contribution is -0.134. The minimum absolute atomic E-state index is 0.00328. The first-order valence-electron chi connectivity index (χ1n) is 7.33. The summed E-state index contributed by atoms with van der Waals surface area (Å²) >= 11 is 0. The normalized spacial score (nSPS) is 32.0. The summed E-state index contributed by atoms with van der Waals surface area (Å²) in [6, 6.07) is -0.285. The van der Waals surface area contributed by atoms with Crippen LogP contribution in [0.15, 0.2) is 21.9 Å². The second-order valence-electron chi connectivity index (χ2n) is 6.13. The third-order valence-electron chi connectivity index (χ3n) is 5.02. The van der Waals surface area contributed by atoms with Crippen LogP contribution in [-0.2, 0) is 9.53 Å². The van der Waals surface area contributed by atoms with Crippen LogP contribution >= 0.6 is 0 Å². The number of ether oxygens (including phenoxy) is 1. The van der Waals surface area contributed by atoms with Gasteiger partial charge in [-0.25, -0.2) is 9.59 Å². The number of esters is 1. The summed E-state index contributed by atoms with van der Waals surface area (Å²) in [6.45, 7) is -0.122. The monoisotopic (exact) mass is 322 g/mol. The van der Waals surface area contributed by atoms with Gasteiger partial charge in [-0.15, -0.1) is 0 Å². The molecule has 1 aromatic rings. The number of nitrogens with one attached hydrogen (secondary N) is 1. The standard InChI is InChI=1S/C15H18N2O6/c1-23-12(20)3-2-8-6-17(14(22)16-13(8)21)10-4-11(19)15(7-18)5-9(10)15/h2-3,6,9-11,18-19H,4-5,7H2,1H3,(H,16,21,22)/b3-2+/t9-,10+,11+,15?/m1/s1. The summed E-state index contributed by atoms with van der Waals surface area (Å²) in [7, 11) is 1.22. The molecule has 2 saturated carbocycles. The molecule has 3 rings (SSSR count). The van der Waals surface area contributed by atoms with Crippen LogP contribution in [0.25, 0.3) is 6.08 Å². The van der Waals surface area contributed by atoms with Gasteiger partial charge in [-0.05, 0) is 24.8 Å². The zero-order valence-corrected chi connectivity index (χ0v) is 12.6. The molecular weight excluding hydrogens is 304 g/mol. The molecule has 2 fully saturated rings. The van der Waals surface area contributed by atoms with Crippen LogP contribution < -0.4 is 11.2 Å². The Morgan fingerprint density at radius 3 is 2.87 bits per heavy atom. The first kappa shape index (κ1) is 15.7. The molecule has 8 heteroatoms. The summed E-state index contributed by atoms with van der Waals surface area (Å²) in [5.41, 5.74) is -1.55. The minimum atomic E-state index is -0.671. The van der Waals surface area contributed by atoms with Crippen molar-refractivity contribution in [1.82, 2.24) is 9.55 Å². The van der Waals surface area contributed by atoms with Crippen LogP contribution in [0.2, 0.25) is 0 Å². The van der Waals surface area contributed by atoms with Gasteiger partial charge in [0.15, 0.2) is 0 Å². The minimum Gasteiger partial charge on any atom is -0.466 e. The van der Waals surface area contributed by atoms with Crippen molar-refractivity contribution >= 4 is 12.0 Å². The molecule has 2 aliphatic carbocycles. The van der Waals surface area contributed by atoms with Crippen LogP contribution in [0.5, 0.6) is 0 Å². The van der Waals surface area contributed by atoms with Gasteiger partial charge >= 0.3 is 11.7 Å². The Bertz CT molecular complexity index is 779. The predicted octanol–water partition coefficient (Wildman–Crippen LogP) is -0.973. The van der Waals surface area contributed by atoms with Gasteiger partial charge in [0.2, 0.25) is 0 Å². The number of H-pyrrole nitrogens is 1. The molecule has 0 amide bonds. The lowest BCUT2D eigenvalue weighted by Crippen LogP contribution is -2.33. The molecule has 0 aromatic carbocycles. The van der Waals surface area contributed by atoms with Gasteiger partial charge in [-0.1, -0.05) is 0 Å². The van der Waals surface area contributed by atoms with Crippen LogP contribution in [-0.4, -0.2) is 45.6 Å². The smallest absolute Gasteiger partial charge is 0.330 e. The first-order valence-corrected chi connectivity index (χ1v) is 7.33. The summed E-state index contributed by atoms with van der Waals surface area (Å²) < 4.78 is 5.84. The second-order valence-corrected chi connectivity index (χ2v) is 6.13. The average Bonchev–Trinajstić information content (AvgIpc) is 3.21. The number of carbonyl (C=O) groups excluding carboxylic acids is 1. The molecule has 8 nitrogen and oxygen atoms in total. The van der Waals surface area contributed by atoms with Crippen LogP contribution in [0.4, 0.5) is 0 Å². The van der Waals surface area contributed by atoms with Gasteiger partial charge in [-0.3, -0.25) is 14.3 Å². The van der Waals surface area contributed by atoms with E-state index in [1.807, 2.05) is 0 Å². The fourth-order valence-corrected chi connectivity index (χ4v) is 3.57. The van der Waals surface area contributed by atoms with E-state index in [1.54, 1.807) is 0 Å². The van der Waals surface area contributed by atoms with Gasteiger partial charge in [0.25, 0.3) is 5.56 Å². The van der Waals surface area contributed by atoms with E-state index in [-0.39, 0.29) is 24.1 Å². The van der Waals surface area contributed by atoms with Gasteiger partial charge in [-0.2, -0.15) is 0 Å². The maximum absolute atomic E-state index is 12.1. The highest BCUT2D eigenvalue weighted by Gasteiger charge is 2.67. The van der Waals surface area contributed by atoms with Crippen molar-refractivity contribution in [3.05, 3.63) is 38.7 Å². The Kier molecular flexibility index (Phi) is 3.73. The summed E-state index contributed by atoms with van der Waals surface area (Å²) in [4.78, 5) is 37.3. The maximum Gasteiger partial charge on any atom is 0.330 e. The van der Waals surface area contributed by atoms with Crippen LogP contribution in [0.1, 0.15) is 24.4 Å².